The zero-order chi connectivity index (χ0) is 15.0. The normalized spacial score (nSPS) is 18.9. The van der Waals surface area contributed by atoms with E-state index in [4.69, 9.17) is 10.9 Å². The van der Waals surface area contributed by atoms with Crippen LogP contribution in [0.2, 0.25) is 0 Å². The molecule has 20 heavy (non-hydrogen) atoms. The van der Waals surface area contributed by atoms with Gasteiger partial charge < -0.3 is 21.6 Å². The highest BCUT2D eigenvalue weighted by Gasteiger charge is 2.42. The molecule has 0 aromatic heterocycles. The highest BCUT2D eigenvalue weighted by Crippen LogP contribution is 2.35. The summed E-state index contributed by atoms with van der Waals surface area (Å²) in [4.78, 5) is 23.6. The number of nitrogens with one attached hydrogen (secondary N) is 2. The molecule has 1 fully saturated rings. The molecule has 2 amide bonds. The van der Waals surface area contributed by atoms with Crippen LogP contribution in [0.1, 0.15) is 44.9 Å². The van der Waals surface area contributed by atoms with Crippen LogP contribution in [0, 0.1) is 5.41 Å². The van der Waals surface area contributed by atoms with Crippen molar-refractivity contribution in [2.45, 2.75) is 44.9 Å². The zero-order valence-electron chi connectivity index (χ0n) is 11.9. The molecule has 0 heterocycles. The highest BCUT2D eigenvalue weighted by molar-refractivity contribution is 6.06. The minimum atomic E-state index is -0.937. The Kier molecular flexibility index (Phi) is 6.27. The molecule has 1 rings (SSSR count). The second kappa shape index (κ2) is 7.72. The van der Waals surface area contributed by atoms with Gasteiger partial charge >= 0.3 is 0 Å². The van der Waals surface area contributed by atoms with E-state index >= 15 is 0 Å². The van der Waals surface area contributed by atoms with Crippen LogP contribution in [0.5, 0.6) is 0 Å². The number of hydrogen-bond acceptors (Lipinski definition) is 4. The molecule has 0 saturated heterocycles. The topological polar surface area (TPSA) is 117 Å². The first-order chi connectivity index (χ1) is 9.56. The average molecular weight is 284 g/mol. The van der Waals surface area contributed by atoms with Crippen LogP contribution in [0.25, 0.3) is 0 Å². The predicted octanol–water partition coefficient (Wildman–Crippen LogP) is 0.326. The molecule has 0 unspecified atom stereocenters. The molecule has 0 spiro atoms. The molecule has 0 aliphatic heterocycles. The lowest BCUT2D eigenvalue weighted by atomic mass is 9.78. The Bertz CT molecular complexity index is 374. The number of carbonyl (C=O) groups is 2. The summed E-state index contributed by atoms with van der Waals surface area (Å²) in [6.45, 7) is 0.249. The molecular weight excluding hydrogens is 260 g/mol. The summed E-state index contributed by atoms with van der Waals surface area (Å²) in [5, 5.41) is 17.2. The van der Waals surface area contributed by atoms with Gasteiger partial charge in [0.1, 0.15) is 5.41 Å². The molecule has 7 heteroatoms. The molecule has 0 radical (unpaired) electrons. The van der Waals surface area contributed by atoms with E-state index in [1.807, 2.05) is 0 Å². The Morgan fingerprint density at radius 1 is 1.25 bits per heavy atom. The van der Waals surface area contributed by atoms with Crippen LogP contribution in [0.3, 0.4) is 0 Å². The maximum atomic E-state index is 12.4. The minimum Gasteiger partial charge on any atom is -0.409 e. The number of amidine groups is 1. The Morgan fingerprint density at radius 3 is 2.35 bits per heavy atom. The molecule has 1 aliphatic carbocycles. The fourth-order valence-electron chi connectivity index (χ4n) is 2.61. The van der Waals surface area contributed by atoms with E-state index in [0.29, 0.717) is 12.8 Å². The lowest BCUT2D eigenvalue weighted by Gasteiger charge is -2.29. The van der Waals surface area contributed by atoms with Gasteiger partial charge in [0, 0.05) is 20.0 Å². The second-order valence-electron chi connectivity index (χ2n) is 5.16. The van der Waals surface area contributed by atoms with Crippen molar-refractivity contribution in [3.8, 4) is 0 Å². The van der Waals surface area contributed by atoms with E-state index in [1.54, 1.807) is 7.05 Å². The molecule has 0 bridgehead atoms. The van der Waals surface area contributed by atoms with E-state index in [0.717, 1.165) is 25.7 Å². The third-order valence-corrected chi connectivity index (χ3v) is 3.91. The summed E-state index contributed by atoms with van der Waals surface area (Å²) in [5.41, 5.74) is 4.83. The van der Waals surface area contributed by atoms with Gasteiger partial charge in [-0.25, -0.2) is 0 Å². The molecular formula is C13H24N4O3. The molecule has 1 saturated carbocycles. The molecule has 5 N–H and O–H groups in total. The van der Waals surface area contributed by atoms with E-state index in [-0.39, 0.29) is 30.6 Å². The number of hydrogen-bond donors (Lipinski definition) is 4. The van der Waals surface area contributed by atoms with Gasteiger partial charge in [-0.05, 0) is 12.8 Å². The maximum Gasteiger partial charge on any atom is 0.233 e. The molecule has 114 valence electrons. The number of nitrogens with two attached hydrogens (primary N) is 1. The van der Waals surface area contributed by atoms with Crippen molar-refractivity contribution in [3.05, 3.63) is 0 Å². The van der Waals surface area contributed by atoms with Crippen LogP contribution >= 0.6 is 0 Å². The lowest BCUT2D eigenvalue weighted by molar-refractivity contribution is -0.128. The molecule has 0 atom stereocenters. The third-order valence-electron chi connectivity index (χ3n) is 3.91. The van der Waals surface area contributed by atoms with Crippen LogP contribution < -0.4 is 16.4 Å². The van der Waals surface area contributed by atoms with E-state index in [2.05, 4.69) is 15.8 Å². The first kappa shape index (κ1) is 16.3. The van der Waals surface area contributed by atoms with Gasteiger partial charge in [-0.3, -0.25) is 9.59 Å². The van der Waals surface area contributed by atoms with Gasteiger partial charge in [0.25, 0.3) is 0 Å². The Labute approximate surface area is 119 Å². The number of carbonyl (C=O) groups excluding carboxylic acids is 2. The van der Waals surface area contributed by atoms with Crippen molar-refractivity contribution in [1.82, 2.24) is 10.6 Å². The van der Waals surface area contributed by atoms with Crippen molar-refractivity contribution >= 4 is 17.6 Å². The van der Waals surface area contributed by atoms with Crippen molar-refractivity contribution in [1.29, 1.82) is 0 Å². The van der Waals surface area contributed by atoms with E-state index in [9.17, 15) is 9.59 Å². The first-order valence-corrected chi connectivity index (χ1v) is 7.03. The summed E-state index contributed by atoms with van der Waals surface area (Å²) in [6, 6.07) is 0. The van der Waals surface area contributed by atoms with Crippen LogP contribution in [-0.4, -0.2) is 36.4 Å². The molecule has 0 aromatic rings. The summed E-state index contributed by atoms with van der Waals surface area (Å²) < 4.78 is 0. The summed E-state index contributed by atoms with van der Waals surface area (Å²) in [6.07, 6.45) is 5.22. The van der Waals surface area contributed by atoms with E-state index in [1.165, 1.54) is 0 Å². The van der Waals surface area contributed by atoms with E-state index < -0.39 is 5.41 Å². The first-order valence-electron chi connectivity index (χ1n) is 7.03. The fraction of sp³-hybridized carbons (Fsp3) is 0.769. The molecule has 1 aliphatic rings. The monoisotopic (exact) mass is 284 g/mol. The number of rotatable bonds is 5. The standard InChI is InChI=1S/C13H24N4O3/c1-15-10(18)6-9-16-12(19)13(11(14)17-20)7-4-2-3-5-8-13/h20H,2-9H2,1H3,(H2,14,17)(H,15,18)(H,16,19). The highest BCUT2D eigenvalue weighted by atomic mass is 16.4. The lowest BCUT2D eigenvalue weighted by Crippen LogP contribution is -2.50. The van der Waals surface area contributed by atoms with Gasteiger partial charge in [-0.1, -0.05) is 30.8 Å². The number of oxime groups is 1. The van der Waals surface area contributed by atoms with Gasteiger partial charge in [-0.2, -0.15) is 0 Å². The largest absolute Gasteiger partial charge is 0.409 e. The SMILES string of the molecule is CNC(=O)CCNC(=O)C1(C(N)=NO)CCCCCC1. The maximum absolute atomic E-state index is 12.4. The van der Waals surface area contributed by atoms with Gasteiger partial charge in [-0.15, -0.1) is 0 Å². The third kappa shape index (κ3) is 3.85. The number of nitrogens with zero attached hydrogens (tertiary/aromatic N) is 1. The zero-order valence-corrected chi connectivity index (χ0v) is 11.9. The van der Waals surface area contributed by atoms with Crippen LogP contribution in [-0.2, 0) is 9.59 Å². The molecule has 7 nitrogen and oxygen atoms in total. The smallest absolute Gasteiger partial charge is 0.233 e. The fourth-order valence-corrected chi connectivity index (χ4v) is 2.61. The summed E-state index contributed by atoms with van der Waals surface area (Å²) in [7, 11) is 1.55. The van der Waals surface area contributed by atoms with Gasteiger partial charge in [0.2, 0.25) is 11.8 Å². The molecule has 0 aromatic carbocycles. The minimum absolute atomic E-state index is 0.0307. The Balaban J connectivity index is 2.72. The quantitative estimate of drug-likeness (QED) is 0.191. The van der Waals surface area contributed by atoms with Crippen molar-refractivity contribution in [3.63, 3.8) is 0 Å². The van der Waals surface area contributed by atoms with Gasteiger partial charge in [0.05, 0.1) is 0 Å². The van der Waals surface area contributed by atoms with Crippen molar-refractivity contribution in [2.24, 2.45) is 16.3 Å². The van der Waals surface area contributed by atoms with Gasteiger partial charge in [0.15, 0.2) is 5.84 Å². The summed E-state index contributed by atoms with van der Waals surface area (Å²) in [5.74, 6) is -0.417. The predicted molar refractivity (Wildman–Crippen MR) is 75.2 cm³/mol. The van der Waals surface area contributed by atoms with Crippen molar-refractivity contribution in [2.75, 3.05) is 13.6 Å². The summed E-state index contributed by atoms with van der Waals surface area (Å²) >= 11 is 0. The van der Waals surface area contributed by atoms with Crippen LogP contribution in [0.4, 0.5) is 0 Å². The Morgan fingerprint density at radius 2 is 1.85 bits per heavy atom. The number of amides is 2. The van der Waals surface area contributed by atoms with Crippen LogP contribution in [0.15, 0.2) is 5.16 Å². The second-order valence-corrected chi connectivity index (χ2v) is 5.16. The Hall–Kier alpha value is -1.79. The van der Waals surface area contributed by atoms with Crippen molar-refractivity contribution < 1.29 is 14.8 Å². The average Bonchev–Trinajstić information content (AvgIpc) is 2.72.